The Kier molecular flexibility index (Phi) is 6.11. The van der Waals surface area contributed by atoms with E-state index in [1.807, 2.05) is 0 Å². The monoisotopic (exact) mass is 230 g/mol. The Morgan fingerprint density at radius 1 is 1.33 bits per heavy atom. The van der Waals surface area contributed by atoms with Crippen LogP contribution in [0, 0.1) is 5.92 Å². The van der Waals surface area contributed by atoms with Gasteiger partial charge < -0.3 is 10.6 Å². The van der Waals surface area contributed by atoms with E-state index in [0.29, 0.717) is 6.04 Å². The third-order valence-corrected chi connectivity index (χ3v) is 4.81. The summed E-state index contributed by atoms with van der Waals surface area (Å²) in [5, 5.41) is 7.30. The zero-order valence-electron chi connectivity index (χ0n) is 10.6. The molecule has 1 aliphatic carbocycles. The predicted molar refractivity (Wildman–Crippen MR) is 71.1 cm³/mol. The third-order valence-electron chi connectivity index (χ3n) is 3.51. The van der Waals surface area contributed by atoms with Crippen LogP contribution >= 0.6 is 8.58 Å². The van der Waals surface area contributed by atoms with E-state index in [1.165, 1.54) is 19.3 Å². The van der Waals surface area contributed by atoms with Gasteiger partial charge in [-0.1, -0.05) is 13.8 Å². The molecule has 0 spiro atoms. The topological polar surface area (TPSA) is 24.1 Å². The lowest BCUT2D eigenvalue weighted by Gasteiger charge is -2.42. The molecule has 0 aromatic heterocycles. The molecule has 0 saturated heterocycles. The van der Waals surface area contributed by atoms with Crippen LogP contribution in [0.5, 0.6) is 0 Å². The molecule has 2 N–H and O–H groups in total. The molecule has 0 radical (unpaired) electrons. The summed E-state index contributed by atoms with van der Waals surface area (Å²) in [5.74, 6) is 1.71. The molecule has 3 unspecified atom stereocenters. The SMILES string of the molecule is CCNC(PC)C1CC(NC(C)CC)C1. The maximum atomic E-state index is 3.69. The Morgan fingerprint density at radius 3 is 2.47 bits per heavy atom. The van der Waals surface area contributed by atoms with Gasteiger partial charge in [-0.3, -0.25) is 0 Å². The van der Waals surface area contributed by atoms with Gasteiger partial charge in [0.05, 0.1) is 0 Å². The van der Waals surface area contributed by atoms with Gasteiger partial charge >= 0.3 is 0 Å². The van der Waals surface area contributed by atoms with Gasteiger partial charge in [0.25, 0.3) is 0 Å². The summed E-state index contributed by atoms with van der Waals surface area (Å²) in [7, 11) is 1.04. The first-order valence-electron chi connectivity index (χ1n) is 6.37. The van der Waals surface area contributed by atoms with Crippen molar-refractivity contribution >= 4 is 8.58 Å². The van der Waals surface area contributed by atoms with Gasteiger partial charge in [-0.15, -0.1) is 8.58 Å². The average Bonchev–Trinajstić information content (AvgIpc) is 2.19. The fourth-order valence-electron chi connectivity index (χ4n) is 2.31. The van der Waals surface area contributed by atoms with Gasteiger partial charge in [0.1, 0.15) is 0 Å². The van der Waals surface area contributed by atoms with Gasteiger partial charge in [-0.25, -0.2) is 0 Å². The molecule has 0 aromatic carbocycles. The van der Waals surface area contributed by atoms with E-state index in [-0.39, 0.29) is 0 Å². The van der Waals surface area contributed by atoms with Gasteiger partial charge in [0.2, 0.25) is 0 Å². The highest BCUT2D eigenvalue weighted by atomic mass is 31.1. The van der Waals surface area contributed by atoms with Crippen LogP contribution in [0.2, 0.25) is 0 Å². The van der Waals surface area contributed by atoms with E-state index < -0.39 is 0 Å². The van der Waals surface area contributed by atoms with Crippen LogP contribution in [0.1, 0.15) is 40.0 Å². The smallest absolute Gasteiger partial charge is 0.0266 e. The summed E-state index contributed by atoms with van der Waals surface area (Å²) in [4.78, 5) is 0. The van der Waals surface area contributed by atoms with Crippen molar-refractivity contribution in [1.29, 1.82) is 0 Å². The van der Waals surface area contributed by atoms with Crippen LogP contribution in [-0.4, -0.2) is 31.1 Å². The lowest BCUT2D eigenvalue weighted by Crippen LogP contribution is -2.50. The third kappa shape index (κ3) is 4.01. The molecular weight excluding hydrogens is 203 g/mol. The van der Waals surface area contributed by atoms with Crippen molar-refractivity contribution in [3.8, 4) is 0 Å². The van der Waals surface area contributed by atoms with Crippen LogP contribution in [0.15, 0.2) is 0 Å². The maximum absolute atomic E-state index is 3.69. The molecule has 90 valence electrons. The molecule has 1 aliphatic rings. The summed E-state index contributed by atoms with van der Waals surface area (Å²) in [6.07, 6.45) is 4.00. The second kappa shape index (κ2) is 6.83. The van der Waals surface area contributed by atoms with Crippen molar-refractivity contribution in [2.45, 2.75) is 57.9 Å². The van der Waals surface area contributed by atoms with Gasteiger partial charge in [0, 0.05) is 17.9 Å². The van der Waals surface area contributed by atoms with E-state index in [4.69, 9.17) is 0 Å². The first-order valence-corrected chi connectivity index (χ1v) is 7.95. The highest BCUT2D eigenvalue weighted by Crippen LogP contribution is 2.36. The normalized spacial score (nSPS) is 30.4. The lowest BCUT2D eigenvalue weighted by molar-refractivity contribution is 0.191. The molecule has 0 amide bonds. The van der Waals surface area contributed by atoms with E-state index in [1.54, 1.807) is 0 Å². The Balaban J connectivity index is 2.17. The molecule has 1 fully saturated rings. The first-order chi connectivity index (χ1) is 7.21. The molecule has 3 heteroatoms. The van der Waals surface area contributed by atoms with E-state index in [9.17, 15) is 0 Å². The molecular formula is C12H27N2P. The van der Waals surface area contributed by atoms with Gasteiger partial charge in [-0.2, -0.15) is 0 Å². The highest BCUT2D eigenvalue weighted by Gasteiger charge is 2.34. The van der Waals surface area contributed by atoms with E-state index >= 15 is 0 Å². The van der Waals surface area contributed by atoms with Crippen LogP contribution in [0.3, 0.4) is 0 Å². The minimum Gasteiger partial charge on any atom is -0.311 e. The lowest BCUT2D eigenvalue weighted by atomic mass is 9.79. The first kappa shape index (κ1) is 13.4. The van der Waals surface area contributed by atoms with E-state index in [0.717, 1.165) is 32.9 Å². The molecule has 0 heterocycles. The van der Waals surface area contributed by atoms with E-state index in [2.05, 4.69) is 38.1 Å². The Morgan fingerprint density at radius 2 is 2.00 bits per heavy atom. The number of nitrogens with one attached hydrogen (secondary N) is 2. The molecule has 1 rings (SSSR count). The van der Waals surface area contributed by atoms with Crippen molar-refractivity contribution < 1.29 is 0 Å². The highest BCUT2D eigenvalue weighted by molar-refractivity contribution is 7.37. The standard InChI is InChI=1S/C12H27N2P/c1-5-9(3)14-11-7-10(8-11)12(15-4)13-6-2/h9-15H,5-8H2,1-4H3. The fourth-order valence-corrected chi connectivity index (χ4v) is 3.47. The van der Waals surface area contributed by atoms with Crippen molar-refractivity contribution in [3.05, 3.63) is 0 Å². The maximum Gasteiger partial charge on any atom is 0.0266 e. The largest absolute Gasteiger partial charge is 0.311 e. The molecule has 15 heavy (non-hydrogen) atoms. The zero-order chi connectivity index (χ0) is 11.3. The molecule has 0 aliphatic heterocycles. The van der Waals surface area contributed by atoms with Gasteiger partial charge in [-0.05, 0) is 45.3 Å². The molecule has 2 nitrogen and oxygen atoms in total. The summed E-state index contributed by atoms with van der Waals surface area (Å²) in [6, 6.07) is 1.49. The van der Waals surface area contributed by atoms with Crippen molar-refractivity contribution in [2.75, 3.05) is 13.2 Å². The number of hydrogen-bond donors (Lipinski definition) is 2. The predicted octanol–water partition coefficient (Wildman–Crippen LogP) is 2.40. The Labute approximate surface area is 96.8 Å². The average molecular weight is 230 g/mol. The molecule has 1 saturated carbocycles. The van der Waals surface area contributed by atoms with Crippen molar-refractivity contribution in [2.24, 2.45) is 5.92 Å². The minimum atomic E-state index is 0.692. The van der Waals surface area contributed by atoms with Crippen LogP contribution in [-0.2, 0) is 0 Å². The van der Waals surface area contributed by atoms with Crippen LogP contribution in [0.4, 0.5) is 0 Å². The fraction of sp³-hybridized carbons (Fsp3) is 1.00. The quantitative estimate of drug-likeness (QED) is 0.656. The van der Waals surface area contributed by atoms with Crippen molar-refractivity contribution in [3.63, 3.8) is 0 Å². The molecule has 3 atom stereocenters. The summed E-state index contributed by atoms with van der Waals surface area (Å²) in [6.45, 7) is 10.2. The van der Waals surface area contributed by atoms with Crippen molar-refractivity contribution in [1.82, 2.24) is 10.6 Å². The van der Waals surface area contributed by atoms with Crippen LogP contribution < -0.4 is 10.6 Å². The summed E-state index contributed by atoms with van der Waals surface area (Å²) in [5.41, 5.74) is 0. The second-order valence-electron chi connectivity index (χ2n) is 4.73. The van der Waals surface area contributed by atoms with Gasteiger partial charge in [0.15, 0.2) is 0 Å². The summed E-state index contributed by atoms with van der Waals surface area (Å²) >= 11 is 0. The number of hydrogen-bond acceptors (Lipinski definition) is 2. The summed E-state index contributed by atoms with van der Waals surface area (Å²) < 4.78 is 0. The number of rotatable bonds is 7. The Bertz CT molecular complexity index is 169. The molecule has 0 bridgehead atoms. The minimum absolute atomic E-state index is 0.692. The zero-order valence-corrected chi connectivity index (χ0v) is 11.6. The molecule has 0 aromatic rings. The van der Waals surface area contributed by atoms with Crippen LogP contribution in [0.25, 0.3) is 0 Å². The Hall–Kier alpha value is 0.350. The second-order valence-corrected chi connectivity index (χ2v) is 5.93.